The monoisotopic (exact) mass is 381 g/mol. The van der Waals surface area contributed by atoms with Crippen LogP contribution < -0.4 is 5.32 Å². The van der Waals surface area contributed by atoms with Gasteiger partial charge in [-0.25, -0.2) is 0 Å². The highest BCUT2D eigenvalue weighted by atomic mass is 16.6. The topological polar surface area (TPSA) is 75.5 Å². The van der Waals surface area contributed by atoms with E-state index in [9.17, 15) is 14.9 Å². The number of nitro groups is 1. The van der Waals surface area contributed by atoms with Crippen molar-refractivity contribution in [1.29, 1.82) is 0 Å². The fraction of sp³-hybridized carbons (Fsp3) is 0.409. The Bertz CT molecular complexity index is 815. The van der Waals surface area contributed by atoms with Crippen LogP contribution in [0.1, 0.15) is 34.3 Å². The van der Waals surface area contributed by atoms with Crippen LogP contribution in [0.2, 0.25) is 0 Å². The van der Waals surface area contributed by atoms with E-state index in [-0.39, 0.29) is 11.6 Å². The first kappa shape index (κ1) is 20.0. The van der Waals surface area contributed by atoms with Crippen LogP contribution in [0.15, 0.2) is 48.5 Å². The second-order valence-corrected chi connectivity index (χ2v) is 7.49. The van der Waals surface area contributed by atoms with Crippen LogP contribution in [0.4, 0.5) is 5.69 Å². The van der Waals surface area contributed by atoms with Crippen molar-refractivity contribution >= 4 is 11.6 Å². The molecule has 2 aromatic rings. The van der Waals surface area contributed by atoms with Gasteiger partial charge in [0.25, 0.3) is 11.6 Å². The maximum atomic E-state index is 12.4. The third-order valence-electron chi connectivity index (χ3n) is 5.47. The molecule has 0 aliphatic carbocycles. The molecule has 1 fully saturated rings. The van der Waals surface area contributed by atoms with Crippen molar-refractivity contribution in [3.05, 3.63) is 75.3 Å². The van der Waals surface area contributed by atoms with Gasteiger partial charge in [-0.1, -0.05) is 30.3 Å². The predicted molar refractivity (Wildman–Crippen MR) is 109 cm³/mol. The van der Waals surface area contributed by atoms with Gasteiger partial charge in [0.05, 0.1) is 4.92 Å². The first-order chi connectivity index (χ1) is 13.5. The third-order valence-corrected chi connectivity index (χ3v) is 5.47. The molecule has 1 amide bonds. The van der Waals surface area contributed by atoms with E-state index in [0.717, 1.165) is 38.9 Å². The minimum absolute atomic E-state index is 0.0411. The van der Waals surface area contributed by atoms with Gasteiger partial charge in [0, 0.05) is 30.3 Å². The van der Waals surface area contributed by atoms with E-state index < -0.39 is 4.92 Å². The number of nitrogens with one attached hydrogen (secondary N) is 1. The summed E-state index contributed by atoms with van der Waals surface area (Å²) in [5, 5.41) is 13.9. The molecule has 0 radical (unpaired) electrons. The molecule has 6 heteroatoms. The van der Waals surface area contributed by atoms with E-state index in [1.807, 2.05) is 6.07 Å². The van der Waals surface area contributed by atoms with Crippen molar-refractivity contribution in [2.45, 2.75) is 26.2 Å². The minimum Gasteiger partial charge on any atom is -0.352 e. The molecule has 0 bridgehead atoms. The van der Waals surface area contributed by atoms with Crippen molar-refractivity contribution in [2.75, 3.05) is 26.2 Å². The number of nitro benzene ring substituents is 1. The smallest absolute Gasteiger partial charge is 0.272 e. The lowest BCUT2D eigenvalue weighted by atomic mass is 9.96. The molecule has 3 rings (SSSR count). The molecular formula is C22H27N3O3. The molecule has 0 saturated carbocycles. The number of likely N-dealkylation sites (tertiary alicyclic amines) is 1. The summed E-state index contributed by atoms with van der Waals surface area (Å²) < 4.78 is 0. The van der Waals surface area contributed by atoms with Crippen molar-refractivity contribution in [3.8, 4) is 0 Å². The average Bonchev–Trinajstić information content (AvgIpc) is 2.71. The molecule has 2 aromatic carbocycles. The number of rotatable bonds is 7. The van der Waals surface area contributed by atoms with Crippen LogP contribution in [0.25, 0.3) is 0 Å². The van der Waals surface area contributed by atoms with Gasteiger partial charge in [-0.2, -0.15) is 0 Å². The highest BCUT2D eigenvalue weighted by Crippen LogP contribution is 2.20. The zero-order valence-corrected chi connectivity index (χ0v) is 16.3. The van der Waals surface area contributed by atoms with Gasteiger partial charge in [-0.05, 0) is 62.9 Å². The SMILES string of the molecule is Cc1cc(C(=O)NCC2CCN(CCc3ccccc3)CC2)ccc1[N+](=O)[O-]. The van der Waals surface area contributed by atoms with Crippen LogP contribution in [0, 0.1) is 23.0 Å². The summed E-state index contributed by atoms with van der Waals surface area (Å²) >= 11 is 0. The van der Waals surface area contributed by atoms with E-state index >= 15 is 0 Å². The van der Waals surface area contributed by atoms with Gasteiger partial charge < -0.3 is 10.2 Å². The highest BCUT2D eigenvalue weighted by molar-refractivity contribution is 5.94. The average molecular weight is 381 g/mol. The van der Waals surface area contributed by atoms with E-state index in [0.29, 0.717) is 23.6 Å². The number of aryl methyl sites for hydroxylation is 1. The molecule has 1 aliphatic rings. The zero-order chi connectivity index (χ0) is 19.9. The number of carbonyl (C=O) groups is 1. The van der Waals surface area contributed by atoms with Gasteiger partial charge in [0.2, 0.25) is 0 Å². The van der Waals surface area contributed by atoms with Crippen molar-refractivity contribution < 1.29 is 9.72 Å². The van der Waals surface area contributed by atoms with Crippen LogP contribution >= 0.6 is 0 Å². The zero-order valence-electron chi connectivity index (χ0n) is 16.3. The first-order valence-electron chi connectivity index (χ1n) is 9.82. The molecule has 0 atom stereocenters. The van der Waals surface area contributed by atoms with E-state index in [4.69, 9.17) is 0 Å². The Morgan fingerprint density at radius 3 is 2.54 bits per heavy atom. The largest absolute Gasteiger partial charge is 0.352 e. The van der Waals surface area contributed by atoms with Crippen molar-refractivity contribution in [2.24, 2.45) is 5.92 Å². The molecule has 0 unspecified atom stereocenters. The first-order valence-corrected chi connectivity index (χ1v) is 9.82. The second kappa shape index (κ2) is 9.46. The van der Waals surface area contributed by atoms with Crippen LogP contribution in [0.5, 0.6) is 0 Å². The van der Waals surface area contributed by atoms with Gasteiger partial charge in [0.15, 0.2) is 0 Å². The highest BCUT2D eigenvalue weighted by Gasteiger charge is 2.20. The number of carbonyl (C=O) groups excluding carboxylic acids is 1. The normalized spacial score (nSPS) is 15.3. The van der Waals surface area contributed by atoms with Crippen LogP contribution in [-0.2, 0) is 6.42 Å². The molecular weight excluding hydrogens is 354 g/mol. The Kier molecular flexibility index (Phi) is 6.76. The lowest BCUT2D eigenvalue weighted by Crippen LogP contribution is -2.39. The Morgan fingerprint density at radius 1 is 1.18 bits per heavy atom. The molecule has 28 heavy (non-hydrogen) atoms. The van der Waals surface area contributed by atoms with Gasteiger partial charge >= 0.3 is 0 Å². The number of nitrogens with zero attached hydrogens (tertiary/aromatic N) is 2. The number of hydrogen-bond acceptors (Lipinski definition) is 4. The number of amides is 1. The maximum absolute atomic E-state index is 12.4. The quantitative estimate of drug-likeness (QED) is 0.587. The molecule has 0 spiro atoms. The molecule has 1 N–H and O–H groups in total. The number of piperidine rings is 1. The Balaban J connectivity index is 1.41. The fourth-order valence-electron chi connectivity index (χ4n) is 3.69. The third kappa shape index (κ3) is 5.39. The molecule has 148 valence electrons. The Hall–Kier alpha value is -2.73. The molecule has 6 nitrogen and oxygen atoms in total. The lowest BCUT2D eigenvalue weighted by Gasteiger charge is -2.32. The van der Waals surface area contributed by atoms with Crippen LogP contribution in [0.3, 0.4) is 0 Å². The fourth-order valence-corrected chi connectivity index (χ4v) is 3.69. The summed E-state index contributed by atoms with van der Waals surface area (Å²) in [6.45, 7) is 5.50. The van der Waals surface area contributed by atoms with E-state index in [1.165, 1.54) is 17.7 Å². The Morgan fingerprint density at radius 2 is 1.89 bits per heavy atom. The summed E-state index contributed by atoms with van der Waals surface area (Å²) in [5.41, 5.74) is 2.39. The van der Waals surface area contributed by atoms with Gasteiger partial charge in [-0.15, -0.1) is 0 Å². The van der Waals surface area contributed by atoms with Gasteiger partial charge in [-0.3, -0.25) is 14.9 Å². The summed E-state index contributed by atoms with van der Waals surface area (Å²) in [7, 11) is 0. The standard InChI is InChI=1S/C22H27N3O3/c1-17-15-20(7-8-21(17)25(27)28)22(26)23-16-19-10-13-24(14-11-19)12-9-18-5-3-2-4-6-18/h2-8,15,19H,9-14,16H2,1H3,(H,23,26). The van der Waals surface area contributed by atoms with Crippen molar-refractivity contribution in [3.63, 3.8) is 0 Å². The molecule has 0 aromatic heterocycles. The lowest BCUT2D eigenvalue weighted by molar-refractivity contribution is -0.385. The van der Waals surface area contributed by atoms with Crippen LogP contribution in [-0.4, -0.2) is 41.9 Å². The van der Waals surface area contributed by atoms with Gasteiger partial charge in [0.1, 0.15) is 0 Å². The molecule has 1 saturated heterocycles. The molecule has 1 aliphatic heterocycles. The Labute approximate surface area is 165 Å². The van der Waals surface area contributed by atoms with E-state index in [1.54, 1.807) is 13.0 Å². The number of hydrogen-bond donors (Lipinski definition) is 1. The summed E-state index contributed by atoms with van der Waals surface area (Å²) in [4.78, 5) is 25.3. The maximum Gasteiger partial charge on any atom is 0.272 e. The summed E-state index contributed by atoms with van der Waals surface area (Å²) in [6, 6.07) is 15.0. The molecule has 1 heterocycles. The van der Waals surface area contributed by atoms with E-state index in [2.05, 4.69) is 34.5 Å². The minimum atomic E-state index is -0.428. The predicted octanol–water partition coefficient (Wildman–Crippen LogP) is 3.59. The summed E-state index contributed by atoms with van der Waals surface area (Å²) in [5.74, 6) is 0.320. The number of benzene rings is 2. The summed E-state index contributed by atoms with van der Waals surface area (Å²) in [6.07, 6.45) is 3.23. The second-order valence-electron chi connectivity index (χ2n) is 7.49. The van der Waals surface area contributed by atoms with Crippen molar-refractivity contribution in [1.82, 2.24) is 10.2 Å².